The Bertz CT molecular complexity index is 2220. The van der Waals surface area contributed by atoms with Gasteiger partial charge >= 0.3 is 0 Å². The minimum absolute atomic E-state index is 0.313. The first-order valence-electron chi connectivity index (χ1n) is 12.1. The summed E-state index contributed by atoms with van der Waals surface area (Å²) >= 11 is 0. The van der Waals surface area contributed by atoms with Crippen molar-refractivity contribution < 1.29 is 13.2 Å². The Morgan fingerprint density at radius 3 is 1.95 bits per heavy atom. The molecule has 0 fully saturated rings. The van der Waals surface area contributed by atoms with Crippen LogP contribution in [0.4, 0.5) is 13.2 Å². The van der Waals surface area contributed by atoms with Crippen LogP contribution in [0, 0.1) is 40.1 Å². The number of benzene rings is 5. The van der Waals surface area contributed by atoms with Crippen LogP contribution in [0.2, 0.25) is 0 Å². The molecule has 184 valence electrons. The minimum Gasteiger partial charge on any atom is -0.308 e. The number of nitriles is 2. The van der Waals surface area contributed by atoms with Crippen molar-refractivity contribution in [2.24, 2.45) is 0 Å². The van der Waals surface area contributed by atoms with Crippen molar-refractivity contribution in [2.45, 2.75) is 0 Å². The molecule has 0 N–H and O–H groups in total. The molecule has 4 nitrogen and oxygen atoms in total. The monoisotopic (exact) mass is 512 g/mol. The van der Waals surface area contributed by atoms with E-state index in [1.807, 2.05) is 53.1 Å². The van der Waals surface area contributed by atoms with E-state index < -0.39 is 17.5 Å². The van der Waals surface area contributed by atoms with Crippen LogP contribution >= 0.6 is 0 Å². The molecular weight excluding hydrogens is 497 g/mol. The number of rotatable bonds is 2. The SMILES string of the molecule is N#Cc1ccc(-n2c3ccccc3c3c2ccc2c4ccccc4n(-c4c(F)cc(F)cc4F)c23)c(C#N)c1. The lowest BCUT2D eigenvalue weighted by molar-refractivity contribution is 0.537. The number of para-hydroxylation sites is 2. The molecule has 0 saturated carbocycles. The molecule has 39 heavy (non-hydrogen) atoms. The second-order valence-electron chi connectivity index (χ2n) is 9.23. The molecule has 0 bridgehead atoms. The summed E-state index contributed by atoms with van der Waals surface area (Å²) in [7, 11) is 0. The van der Waals surface area contributed by atoms with Crippen LogP contribution in [-0.2, 0) is 0 Å². The van der Waals surface area contributed by atoms with Crippen LogP contribution in [0.5, 0.6) is 0 Å². The first kappa shape index (κ1) is 22.7. The van der Waals surface area contributed by atoms with E-state index in [0.29, 0.717) is 45.5 Å². The molecule has 0 amide bonds. The predicted molar refractivity (Wildman–Crippen MR) is 144 cm³/mol. The molecule has 7 aromatic rings. The highest BCUT2D eigenvalue weighted by Gasteiger charge is 2.24. The lowest BCUT2D eigenvalue weighted by Crippen LogP contribution is -2.03. The molecule has 2 heterocycles. The maximum absolute atomic E-state index is 15.3. The summed E-state index contributed by atoms with van der Waals surface area (Å²) in [6, 6.07) is 29.2. The summed E-state index contributed by atoms with van der Waals surface area (Å²) in [6.45, 7) is 0. The van der Waals surface area contributed by atoms with Crippen LogP contribution < -0.4 is 0 Å². The summed E-state index contributed by atoms with van der Waals surface area (Å²) < 4.78 is 48.0. The van der Waals surface area contributed by atoms with E-state index in [1.165, 1.54) is 10.6 Å². The molecule has 0 spiro atoms. The summed E-state index contributed by atoms with van der Waals surface area (Å²) in [6.07, 6.45) is 0. The minimum atomic E-state index is -1.02. The topological polar surface area (TPSA) is 57.4 Å². The van der Waals surface area contributed by atoms with E-state index in [1.54, 1.807) is 24.3 Å². The number of aromatic nitrogens is 2. The largest absolute Gasteiger partial charge is 0.308 e. The molecule has 0 aliphatic carbocycles. The highest BCUT2D eigenvalue weighted by Crippen LogP contribution is 2.42. The summed E-state index contributed by atoms with van der Waals surface area (Å²) in [5, 5.41) is 22.4. The first-order chi connectivity index (χ1) is 19.0. The zero-order valence-corrected chi connectivity index (χ0v) is 20.1. The van der Waals surface area contributed by atoms with E-state index in [9.17, 15) is 14.9 Å². The molecular formula is C32H15F3N4. The number of halogens is 3. The van der Waals surface area contributed by atoms with Gasteiger partial charge in [0, 0.05) is 33.7 Å². The normalized spacial score (nSPS) is 11.4. The van der Waals surface area contributed by atoms with Crippen molar-refractivity contribution in [2.75, 3.05) is 0 Å². The number of nitrogens with zero attached hydrogens (tertiary/aromatic N) is 4. The highest BCUT2D eigenvalue weighted by atomic mass is 19.1. The van der Waals surface area contributed by atoms with E-state index in [0.717, 1.165) is 27.1 Å². The molecule has 2 aromatic heterocycles. The zero-order valence-electron chi connectivity index (χ0n) is 20.1. The average Bonchev–Trinajstić information content (AvgIpc) is 3.45. The van der Waals surface area contributed by atoms with Gasteiger partial charge in [0.15, 0.2) is 11.6 Å². The second kappa shape index (κ2) is 8.24. The van der Waals surface area contributed by atoms with Crippen LogP contribution in [0.1, 0.15) is 11.1 Å². The van der Waals surface area contributed by atoms with Crippen molar-refractivity contribution in [1.29, 1.82) is 10.5 Å². The van der Waals surface area contributed by atoms with Gasteiger partial charge in [0.05, 0.1) is 45.0 Å². The maximum atomic E-state index is 15.3. The van der Waals surface area contributed by atoms with Gasteiger partial charge in [-0.1, -0.05) is 42.5 Å². The quantitative estimate of drug-likeness (QED) is 0.235. The first-order valence-corrected chi connectivity index (χ1v) is 12.1. The van der Waals surface area contributed by atoms with Gasteiger partial charge in [-0.3, -0.25) is 0 Å². The Labute approximate surface area is 219 Å². The maximum Gasteiger partial charge on any atom is 0.153 e. The van der Waals surface area contributed by atoms with E-state index in [4.69, 9.17) is 0 Å². The van der Waals surface area contributed by atoms with Crippen molar-refractivity contribution in [3.63, 3.8) is 0 Å². The van der Waals surface area contributed by atoms with E-state index in [-0.39, 0.29) is 5.69 Å². The Morgan fingerprint density at radius 1 is 0.590 bits per heavy atom. The second-order valence-corrected chi connectivity index (χ2v) is 9.23. The Morgan fingerprint density at radius 2 is 1.26 bits per heavy atom. The lowest BCUT2D eigenvalue weighted by atomic mass is 10.1. The number of hydrogen-bond acceptors (Lipinski definition) is 2. The van der Waals surface area contributed by atoms with Crippen LogP contribution in [-0.4, -0.2) is 9.13 Å². The third kappa shape index (κ3) is 3.11. The summed E-state index contributed by atoms with van der Waals surface area (Å²) in [4.78, 5) is 0. The van der Waals surface area contributed by atoms with Crippen molar-refractivity contribution in [3.05, 3.63) is 120 Å². The molecule has 7 rings (SSSR count). The van der Waals surface area contributed by atoms with Crippen LogP contribution in [0.3, 0.4) is 0 Å². The van der Waals surface area contributed by atoms with Crippen molar-refractivity contribution >= 4 is 43.6 Å². The third-order valence-corrected chi connectivity index (χ3v) is 7.16. The predicted octanol–water partition coefficient (Wildman–Crippen LogP) is 8.04. The molecule has 0 radical (unpaired) electrons. The molecule has 0 unspecified atom stereocenters. The Kier molecular flexibility index (Phi) is 4.79. The zero-order chi connectivity index (χ0) is 26.8. The Balaban J connectivity index is 1.74. The highest BCUT2D eigenvalue weighted by molar-refractivity contribution is 6.26. The van der Waals surface area contributed by atoms with E-state index in [2.05, 4.69) is 12.1 Å². The molecule has 0 aliphatic rings. The molecule has 0 atom stereocenters. The molecule has 0 saturated heterocycles. The van der Waals surface area contributed by atoms with Gasteiger partial charge < -0.3 is 9.13 Å². The van der Waals surface area contributed by atoms with E-state index >= 15 is 8.78 Å². The van der Waals surface area contributed by atoms with Gasteiger partial charge in [-0.25, -0.2) is 13.2 Å². The lowest BCUT2D eigenvalue weighted by Gasteiger charge is -2.12. The third-order valence-electron chi connectivity index (χ3n) is 7.16. The van der Waals surface area contributed by atoms with Gasteiger partial charge in [0.1, 0.15) is 17.6 Å². The Hall–Kier alpha value is -5.53. The summed E-state index contributed by atoms with van der Waals surface area (Å²) in [5.41, 5.74) is 3.48. The average molecular weight is 512 g/mol. The fraction of sp³-hybridized carbons (Fsp3) is 0. The number of fused-ring (bicyclic) bond motifs is 7. The smallest absolute Gasteiger partial charge is 0.153 e. The molecule has 0 aliphatic heterocycles. The number of hydrogen-bond donors (Lipinski definition) is 0. The molecule has 5 aromatic carbocycles. The molecule has 7 heteroatoms. The van der Waals surface area contributed by atoms with Gasteiger partial charge in [-0.05, 0) is 36.4 Å². The van der Waals surface area contributed by atoms with Gasteiger partial charge in [-0.15, -0.1) is 0 Å². The van der Waals surface area contributed by atoms with Gasteiger partial charge in [0.25, 0.3) is 0 Å². The summed E-state index contributed by atoms with van der Waals surface area (Å²) in [5.74, 6) is -3.04. The standard InChI is InChI=1S/C32H15F3N4/c33-20-14-24(34)32(25(35)15-20)39-27-7-3-1-5-21(27)22-10-12-29-30(31(22)39)23-6-2-4-8-28(23)38(29)26-11-9-18(16-36)13-19(26)17-37/h1-15H. The fourth-order valence-electron chi connectivity index (χ4n) is 5.64. The van der Waals surface area contributed by atoms with Gasteiger partial charge in [-0.2, -0.15) is 10.5 Å². The van der Waals surface area contributed by atoms with Gasteiger partial charge in [0.2, 0.25) is 0 Å². The van der Waals surface area contributed by atoms with Crippen LogP contribution in [0.25, 0.3) is 55.0 Å². The van der Waals surface area contributed by atoms with Crippen LogP contribution in [0.15, 0.2) is 91.0 Å². The van der Waals surface area contributed by atoms with Crippen molar-refractivity contribution in [1.82, 2.24) is 9.13 Å². The fourth-order valence-corrected chi connectivity index (χ4v) is 5.64. The van der Waals surface area contributed by atoms with Crippen molar-refractivity contribution in [3.8, 4) is 23.5 Å².